The van der Waals surface area contributed by atoms with Crippen LogP contribution in [0.5, 0.6) is 0 Å². The third-order valence-electron chi connectivity index (χ3n) is 2.43. The van der Waals surface area contributed by atoms with Crippen LogP contribution in [0.15, 0.2) is 22.8 Å². The van der Waals surface area contributed by atoms with Crippen molar-refractivity contribution < 1.29 is 14.0 Å². The lowest BCUT2D eigenvalue weighted by atomic mass is 10.1. The summed E-state index contributed by atoms with van der Waals surface area (Å²) in [6, 6.07) is 3.23. The van der Waals surface area contributed by atoms with Gasteiger partial charge in [0.05, 0.1) is 6.26 Å². The Morgan fingerprint density at radius 3 is 2.67 bits per heavy atom. The zero-order valence-corrected chi connectivity index (χ0v) is 10.9. The SMILES string of the molecule is CC(C)CCNC(=O)CCNC(=O)c1ccco1. The Kier molecular flexibility index (Phi) is 5.97. The third-order valence-corrected chi connectivity index (χ3v) is 2.43. The molecule has 0 radical (unpaired) electrons. The lowest BCUT2D eigenvalue weighted by molar-refractivity contribution is -0.120. The highest BCUT2D eigenvalue weighted by Gasteiger charge is 2.08. The molecule has 18 heavy (non-hydrogen) atoms. The van der Waals surface area contributed by atoms with E-state index in [0.29, 0.717) is 19.0 Å². The van der Waals surface area contributed by atoms with Gasteiger partial charge in [-0.3, -0.25) is 9.59 Å². The monoisotopic (exact) mass is 252 g/mol. The van der Waals surface area contributed by atoms with Crippen molar-refractivity contribution in [1.82, 2.24) is 10.6 Å². The molecule has 5 nitrogen and oxygen atoms in total. The minimum atomic E-state index is -0.296. The third kappa shape index (κ3) is 5.52. The predicted octanol–water partition coefficient (Wildman–Crippen LogP) is 1.56. The first-order valence-corrected chi connectivity index (χ1v) is 6.18. The fourth-order valence-corrected chi connectivity index (χ4v) is 1.37. The standard InChI is InChI=1S/C13H20N2O3/c1-10(2)5-7-14-12(16)6-8-15-13(17)11-4-3-9-18-11/h3-4,9-10H,5-8H2,1-2H3,(H,14,16)(H,15,17). The second-order valence-corrected chi connectivity index (χ2v) is 4.52. The number of carbonyl (C=O) groups excluding carboxylic acids is 2. The number of furan rings is 1. The van der Waals surface area contributed by atoms with Crippen molar-refractivity contribution in [3.05, 3.63) is 24.2 Å². The van der Waals surface area contributed by atoms with E-state index in [1.54, 1.807) is 12.1 Å². The van der Waals surface area contributed by atoms with Gasteiger partial charge in [0.25, 0.3) is 5.91 Å². The molecule has 100 valence electrons. The van der Waals surface area contributed by atoms with Crippen molar-refractivity contribution in [2.45, 2.75) is 26.7 Å². The zero-order valence-electron chi connectivity index (χ0n) is 10.9. The van der Waals surface area contributed by atoms with Gasteiger partial charge in [-0.2, -0.15) is 0 Å². The maximum atomic E-state index is 11.5. The van der Waals surface area contributed by atoms with Gasteiger partial charge in [0, 0.05) is 19.5 Å². The van der Waals surface area contributed by atoms with Gasteiger partial charge < -0.3 is 15.1 Å². The molecule has 1 heterocycles. The molecule has 1 aromatic rings. The molecule has 0 aliphatic carbocycles. The number of nitrogens with one attached hydrogen (secondary N) is 2. The summed E-state index contributed by atoms with van der Waals surface area (Å²) in [5.41, 5.74) is 0. The topological polar surface area (TPSA) is 71.3 Å². The molecule has 0 aromatic carbocycles. The maximum absolute atomic E-state index is 11.5. The van der Waals surface area contributed by atoms with Crippen LogP contribution in [-0.2, 0) is 4.79 Å². The minimum absolute atomic E-state index is 0.0459. The van der Waals surface area contributed by atoms with Crippen LogP contribution < -0.4 is 10.6 Å². The summed E-state index contributed by atoms with van der Waals surface area (Å²) in [7, 11) is 0. The molecule has 0 spiro atoms. The van der Waals surface area contributed by atoms with E-state index in [1.807, 2.05) is 0 Å². The van der Waals surface area contributed by atoms with Crippen LogP contribution in [0.2, 0.25) is 0 Å². The minimum Gasteiger partial charge on any atom is -0.459 e. The fraction of sp³-hybridized carbons (Fsp3) is 0.538. The highest BCUT2D eigenvalue weighted by Crippen LogP contribution is 1.99. The summed E-state index contributed by atoms with van der Waals surface area (Å²) in [6.45, 7) is 5.21. The van der Waals surface area contributed by atoms with Crippen LogP contribution in [0.4, 0.5) is 0 Å². The number of carbonyl (C=O) groups is 2. The van der Waals surface area contributed by atoms with Crippen molar-refractivity contribution in [3.8, 4) is 0 Å². The van der Waals surface area contributed by atoms with Crippen molar-refractivity contribution in [2.24, 2.45) is 5.92 Å². The van der Waals surface area contributed by atoms with E-state index in [2.05, 4.69) is 24.5 Å². The molecule has 1 rings (SSSR count). The van der Waals surface area contributed by atoms with Gasteiger partial charge in [0.15, 0.2) is 5.76 Å². The molecule has 0 atom stereocenters. The highest BCUT2D eigenvalue weighted by atomic mass is 16.3. The average molecular weight is 252 g/mol. The Morgan fingerprint density at radius 2 is 2.06 bits per heavy atom. The van der Waals surface area contributed by atoms with E-state index in [1.165, 1.54) is 6.26 Å². The van der Waals surface area contributed by atoms with Gasteiger partial charge in [0.2, 0.25) is 5.91 Å². The van der Waals surface area contributed by atoms with E-state index in [9.17, 15) is 9.59 Å². The van der Waals surface area contributed by atoms with E-state index in [0.717, 1.165) is 6.42 Å². The smallest absolute Gasteiger partial charge is 0.286 e. The van der Waals surface area contributed by atoms with Gasteiger partial charge in [-0.05, 0) is 24.5 Å². The summed E-state index contributed by atoms with van der Waals surface area (Å²) >= 11 is 0. The lowest BCUT2D eigenvalue weighted by Crippen LogP contribution is -2.31. The summed E-state index contributed by atoms with van der Waals surface area (Å²) in [5.74, 6) is 0.490. The predicted molar refractivity (Wildman–Crippen MR) is 68.1 cm³/mol. The molecule has 0 saturated heterocycles. The lowest BCUT2D eigenvalue weighted by Gasteiger charge is -2.07. The Balaban J connectivity index is 2.10. The van der Waals surface area contributed by atoms with Crippen LogP contribution in [0.3, 0.4) is 0 Å². The molecule has 5 heteroatoms. The second kappa shape index (κ2) is 7.53. The first-order valence-electron chi connectivity index (χ1n) is 6.18. The molecule has 0 unspecified atom stereocenters. The average Bonchev–Trinajstić information content (AvgIpc) is 2.81. The van der Waals surface area contributed by atoms with Crippen LogP contribution in [0.25, 0.3) is 0 Å². The van der Waals surface area contributed by atoms with Gasteiger partial charge in [0.1, 0.15) is 0 Å². The summed E-state index contributed by atoms with van der Waals surface area (Å²) in [4.78, 5) is 22.9. The molecule has 0 aliphatic heterocycles. The van der Waals surface area contributed by atoms with E-state index in [4.69, 9.17) is 4.42 Å². The summed E-state index contributed by atoms with van der Waals surface area (Å²) in [6.07, 6.45) is 2.68. The molecule has 2 amide bonds. The highest BCUT2D eigenvalue weighted by molar-refractivity contribution is 5.91. The second-order valence-electron chi connectivity index (χ2n) is 4.52. The van der Waals surface area contributed by atoms with E-state index >= 15 is 0 Å². The number of rotatable bonds is 7. The van der Waals surface area contributed by atoms with Gasteiger partial charge in [-0.1, -0.05) is 13.8 Å². The summed E-state index contributed by atoms with van der Waals surface area (Å²) < 4.78 is 4.93. The van der Waals surface area contributed by atoms with Gasteiger partial charge in [-0.15, -0.1) is 0 Å². The largest absolute Gasteiger partial charge is 0.459 e. The normalized spacial score (nSPS) is 10.4. The molecular formula is C13H20N2O3. The van der Waals surface area contributed by atoms with Crippen LogP contribution in [0.1, 0.15) is 37.2 Å². The quantitative estimate of drug-likeness (QED) is 0.773. The molecule has 0 bridgehead atoms. The first kappa shape index (κ1) is 14.3. The van der Waals surface area contributed by atoms with Crippen molar-refractivity contribution in [2.75, 3.05) is 13.1 Å². The molecule has 2 N–H and O–H groups in total. The van der Waals surface area contributed by atoms with Crippen molar-refractivity contribution in [3.63, 3.8) is 0 Å². The van der Waals surface area contributed by atoms with Crippen molar-refractivity contribution >= 4 is 11.8 Å². The van der Waals surface area contributed by atoms with Gasteiger partial charge in [-0.25, -0.2) is 0 Å². The van der Waals surface area contributed by atoms with Gasteiger partial charge >= 0.3 is 0 Å². The Bertz CT molecular complexity index is 372. The molecule has 0 aliphatic rings. The van der Waals surface area contributed by atoms with E-state index < -0.39 is 0 Å². The molecule has 0 saturated carbocycles. The summed E-state index contributed by atoms with van der Waals surface area (Å²) in [5, 5.41) is 5.43. The Morgan fingerprint density at radius 1 is 1.28 bits per heavy atom. The van der Waals surface area contributed by atoms with Crippen LogP contribution in [0, 0.1) is 5.92 Å². The van der Waals surface area contributed by atoms with E-state index in [-0.39, 0.29) is 24.0 Å². The maximum Gasteiger partial charge on any atom is 0.286 e. The Hall–Kier alpha value is -1.78. The van der Waals surface area contributed by atoms with Crippen LogP contribution in [-0.4, -0.2) is 24.9 Å². The molecule has 1 aromatic heterocycles. The van der Waals surface area contributed by atoms with Crippen molar-refractivity contribution in [1.29, 1.82) is 0 Å². The molecule has 0 fully saturated rings. The first-order chi connectivity index (χ1) is 8.59. The van der Waals surface area contributed by atoms with Crippen LogP contribution >= 0.6 is 0 Å². The number of amides is 2. The Labute approximate surface area is 107 Å². The number of hydrogen-bond donors (Lipinski definition) is 2. The fourth-order valence-electron chi connectivity index (χ4n) is 1.37. The zero-order chi connectivity index (χ0) is 13.4. The number of hydrogen-bond acceptors (Lipinski definition) is 3. The molecular weight excluding hydrogens is 232 g/mol.